The number of hydrogen-bond donors (Lipinski definition) is 2. The molecule has 0 spiro atoms. The average molecular weight is 364 g/mol. The Balaban J connectivity index is 1.77. The van der Waals surface area contributed by atoms with Crippen molar-refractivity contribution in [1.29, 1.82) is 0 Å². The van der Waals surface area contributed by atoms with Gasteiger partial charge in [-0.2, -0.15) is 0 Å². The van der Waals surface area contributed by atoms with Gasteiger partial charge in [-0.3, -0.25) is 9.59 Å². The van der Waals surface area contributed by atoms with E-state index in [1.54, 1.807) is 25.3 Å². The minimum atomic E-state index is -0.824. The highest BCUT2D eigenvalue weighted by molar-refractivity contribution is 5.86. The van der Waals surface area contributed by atoms with Crippen molar-refractivity contribution in [1.82, 2.24) is 10.6 Å². The summed E-state index contributed by atoms with van der Waals surface area (Å²) < 4.78 is 21.3. The van der Waals surface area contributed by atoms with E-state index in [0.717, 1.165) is 0 Å². The third-order valence-electron chi connectivity index (χ3n) is 4.63. The van der Waals surface area contributed by atoms with Crippen LogP contribution in [0.25, 0.3) is 0 Å². The molecule has 142 valence electrons. The molecule has 0 radical (unpaired) electrons. The number of ether oxygens (including phenoxy) is 4. The fourth-order valence-corrected chi connectivity index (χ4v) is 3.04. The molecule has 2 atom stereocenters. The standard InChI is InChI=1S/C18H24N2O6/c1-18(9-25-10-18)8-19-17(22)16-15(20-14(21)7-26-16)11-4-5-12(23-2)13(6-11)24-3/h4-6,15-16H,7-10H2,1-3H3,(H,19,22)(H,20,21). The van der Waals surface area contributed by atoms with E-state index in [-0.39, 0.29) is 23.8 Å². The van der Waals surface area contributed by atoms with E-state index in [1.165, 1.54) is 7.11 Å². The zero-order chi connectivity index (χ0) is 18.7. The number of methoxy groups -OCH3 is 2. The van der Waals surface area contributed by atoms with Crippen LogP contribution < -0.4 is 20.1 Å². The third kappa shape index (κ3) is 3.76. The first kappa shape index (κ1) is 18.5. The van der Waals surface area contributed by atoms with Crippen molar-refractivity contribution in [3.63, 3.8) is 0 Å². The van der Waals surface area contributed by atoms with Crippen LogP contribution in [0.5, 0.6) is 11.5 Å². The van der Waals surface area contributed by atoms with Crippen molar-refractivity contribution >= 4 is 11.8 Å². The number of carbonyl (C=O) groups excluding carboxylic acids is 2. The van der Waals surface area contributed by atoms with Gasteiger partial charge in [-0.05, 0) is 17.7 Å². The summed E-state index contributed by atoms with van der Waals surface area (Å²) >= 11 is 0. The molecular formula is C18H24N2O6. The maximum Gasteiger partial charge on any atom is 0.251 e. The molecule has 0 aromatic heterocycles. The molecule has 0 bridgehead atoms. The van der Waals surface area contributed by atoms with Gasteiger partial charge in [-0.25, -0.2) is 0 Å². The second-order valence-corrected chi connectivity index (χ2v) is 6.91. The Kier molecular flexibility index (Phi) is 5.33. The molecule has 0 aliphatic carbocycles. The van der Waals surface area contributed by atoms with E-state index in [0.29, 0.717) is 36.8 Å². The van der Waals surface area contributed by atoms with Gasteiger partial charge in [0.05, 0.1) is 33.5 Å². The Labute approximate surface area is 152 Å². The molecule has 2 N–H and O–H groups in total. The number of morpholine rings is 1. The molecule has 2 aliphatic heterocycles. The largest absolute Gasteiger partial charge is 0.493 e. The van der Waals surface area contributed by atoms with Crippen molar-refractivity contribution in [3.8, 4) is 11.5 Å². The maximum atomic E-state index is 12.7. The van der Waals surface area contributed by atoms with E-state index >= 15 is 0 Å². The minimum Gasteiger partial charge on any atom is -0.493 e. The third-order valence-corrected chi connectivity index (χ3v) is 4.63. The molecule has 2 fully saturated rings. The molecule has 1 aromatic carbocycles. The predicted octanol–water partition coefficient (Wildman–Crippen LogP) is 0.413. The zero-order valence-corrected chi connectivity index (χ0v) is 15.2. The SMILES string of the molecule is COc1ccc(C2NC(=O)COC2C(=O)NCC2(C)COC2)cc1OC. The molecule has 2 heterocycles. The fourth-order valence-electron chi connectivity index (χ4n) is 3.04. The molecule has 1 aromatic rings. The second-order valence-electron chi connectivity index (χ2n) is 6.91. The van der Waals surface area contributed by atoms with E-state index in [2.05, 4.69) is 10.6 Å². The van der Waals surface area contributed by atoms with Gasteiger partial charge in [0.2, 0.25) is 5.91 Å². The summed E-state index contributed by atoms with van der Waals surface area (Å²) in [6.45, 7) is 3.63. The highest BCUT2D eigenvalue weighted by atomic mass is 16.5. The molecule has 26 heavy (non-hydrogen) atoms. The summed E-state index contributed by atoms with van der Waals surface area (Å²) in [5, 5.41) is 5.74. The topological polar surface area (TPSA) is 95.1 Å². The van der Waals surface area contributed by atoms with Gasteiger partial charge >= 0.3 is 0 Å². The molecule has 8 heteroatoms. The summed E-state index contributed by atoms with van der Waals surface area (Å²) in [4.78, 5) is 24.5. The summed E-state index contributed by atoms with van der Waals surface area (Å²) in [7, 11) is 3.08. The summed E-state index contributed by atoms with van der Waals surface area (Å²) in [6.07, 6.45) is -0.824. The van der Waals surface area contributed by atoms with Gasteiger partial charge in [-0.15, -0.1) is 0 Å². The molecular weight excluding hydrogens is 340 g/mol. The maximum absolute atomic E-state index is 12.7. The zero-order valence-electron chi connectivity index (χ0n) is 15.2. The monoisotopic (exact) mass is 364 g/mol. The van der Waals surface area contributed by atoms with Crippen LogP contribution in [0.2, 0.25) is 0 Å². The van der Waals surface area contributed by atoms with E-state index < -0.39 is 12.1 Å². The quantitative estimate of drug-likeness (QED) is 0.759. The van der Waals surface area contributed by atoms with Gasteiger partial charge in [0.25, 0.3) is 5.91 Å². The first-order valence-electron chi connectivity index (χ1n) is 8.44. The average Bonchev–Trinajstić information content (AvgIpc) is 2.63. The Bertz CT molecular complexity index is 688. The van der Waals surface area contributed by atoms with Crippen molar-refractivity contribution < 1.29 is 28.5 Å². The van der Waals surface area contributed by atoms with Crippen molar-refractivity contribution in [3.05, 3.63) is 23.8 Å². The lowest BCUT2D eigenvalue weighted by molar-refractivity contribution is -0.150. The predicted molar refractivity (Wildman–Crippen MR) is 92.1 cm³/mol. The Hall–Kier alpha value is -2.32. The highest BCUT2D eigenvalue weighted by Gasteiger charge is 2.39. The van der Waals surface area contributed by atoms with E-state index in [1.807, 2.05) is 6.92 Å². The lowest BCUT2D eigenvalue weighted by Gasteiger charge is -2.39. The molecule has 3 rings (SSSR count). The van der Waals surface area contributed by atoms with Gasteiger partial charge in [0.15, 0.2) is 17.6 Å². The number of carbonyl (C=O) groups is 2. The van der Waals surface area contributed by atoms with E-state index in [4.69, 9.17) is 18.9 Å². The highest BCUT2D eigenvalue weighted by Crippen LogP contribution is 2.32. The van der Waals surface area contributed by atoms with Gasteiger partial charge < -0.3 is 29.6 Å². The lowest BCUT2D eigenvalue weighted by atomic mass is 9.88. The minimum absolute atomic E-state index is 0.0492. The Morgan fingerprint density at radius 1 is 1.31 bits per heavy atom. The molecule has 8 nitrogen and oxygen atoms in total. The van der Waals surface area contributed by atoms with Crippen molar-refractivity contribution in [2.75, 3.05) is 40.6 Å². The lowest BCUT2D eigenvalue weighted by Crippen LogP contribution is -2.55. The molecule has 2 unspecified atom stereocenters. The van der Waals surface area contributed by atoms with Crippen LogP contribution in [-0.2, 0) is 19.1 Å². The number of nitrogens with one attached hydrogen (secondary N) is 2. The Morgan fingerprint density at radius 3 is 2.65 bits per heavy atom. The molecule has 0 saturated carbocycles. The van der Waals surface area contributed by atoms with Crippen molar-refractivity contribution in [2.45, 2.75) is 19.1 Å². The van der Waals surface area contributed by atoms with Crippen LogP contribution in [0.1, 0.15) is 18.5 Å². The smallest absolute Gasteiger partial charge is 0.251 e. The Morgan fingerprint density at radius 2 is 2.04 bits per heavy atom. The number of rotatable bonds is 6. The number of amides is 2. The summed E-state index contributed by atoms with van der Waals surface area (Å²) in [5.41, 5.74) is 0.654. The van der Waals surface area contributed by atoms with Crippen LogP contribution in [0.15, 0.2) is 18.2 Å². The van der Waals surface area contributed by atoms with Crippen LogP contribution >= 0.6 is 0 Å². The van der Waals surface area contributed by atoms with Gasteiger partial charge in [0, 0.05) is 12.0 Å². The van der Waals surface area contributed by atoms with Crippen molar-refractivity contribution in [2.24, 2.45) is 5.41 Å². The fraction of sp³-hybridized carbons (Fsp3) is 0.556. The van der Waals surface area contributed by atoms with E-state index in [9.17, 15) is 9.59 Å². The molecule has 2 saturated heterocycles. The molecule has 2 aliphatic rings. The first-order chi connectivity index (χ1) is 12.5. The van der Waals surface area contributed by atoms with Gasteiger partial charge in [-0.1, -0.05) is 13.0 Å². The van der Waals surface area contributed by atoms with Crippen LogP contribution in [-0.4, -0.2) is 58.5 Å². The van der Waals surface area contributed by atoms with Crippen LogP contribution in [0.3, 0.4) is 0 Å². The van der Waals surface area contributed by atoms with Crippen LogP contribution in [0.4, 0.5) is 0 Å². The number of benzene rings is 1. The number of hydrogen-bond acceptors (Lipinski definition) is 6. The van der Waals surface area contributed by atoms with Crippen LogP contribution in [0, 0.1) is 5.41 Å². The second kappa shape index (κ2) is 7.51. The first-order valence-corrected chi connectivity index (χ1v) is 8.44. The molecule has 2 amide bonds. The summed E-state index contributed by atoms with van der Waals surface area (Å²) in [6, 6.07) is 4.64. The normalized spacial score (nSPS) is 24.2. The van der Waals surface area contributed by atoms with Gasteiger partial charge in [0.1, 0.15) is 6.61 Å². The summed E-state index contributed by atoms with van der Waals surface area (Å²) in [5.74, 6) is 0.549.